The molecule has 0 amide bonds. The zero-order valence-corrected chi connectivity index (χ0v) is 15.1. The van der Waals surface area contributed by atoms with Crippen LogP contribution in [0.25, 0.3) is 16.6 Å². The molecule has 2 aromatic carbocycles. The highest BCUT2D eigenvalue weighted by atomic mass is 32.2. The third-order valence-electron chi connectivity index (χ3n) is 4.36. The van der Waals surface area contributed by atoms with Crippen molar-refractivity contribution < 1.29 is 8.42 Å². The largest absolute Gasteiger partial charge is 0.383 e. The Hall–Kier alpha value is -3.00. The van der Waals surface area contributed by atoms with E-state index in [9.17, 15) is 8.42 Å². The van der Waals surface area contributed by atoms with Crippen molar-refractivity contribution in [2.24, 2.45) is 0 Å². The average molecular weight is 367 g/mol. The highest BCUT2D eigenvalue weighted by Crippen LogP contribution is 2.27. The first-order valence-corrected chi connectivity index (χ1v) is 9.62. The predicted octanol–water partition coefficient (Wildman–Crippen LogP) is 2.82. The second-order valence-corrected chi connectivity index (χ2v) is 8.24. The molecule has 0 fully saturated rings. The fourth-order valence-electron chi connectivity index (χ4n) is 2.89. The third kappa shape index (κ3) is 2.41. The van der Waals surface area contributed by atoms with E-state index in [1.54, 1.807) is 36.4 Å². The maximum absolute atomic E-state index is 13.0. The van der Waals surface area contributed by atoms with Gasteiger partial charge in [0.05, 0.1) is 10.4 Å². The summed E-state index contributed by atoms with van der Waals surface area (Å²) in [5.41, 5.74) is 7.84. The molecule has 0 radical (unpaired) electrons. The van der Waals surface area contributed by atoms with E-state index in [0.717, 1.165) is 5.56 Å². The highest BCUT2D eigenvalue weighted by molar-refractivity contribution is 7.91. The topological polar surface area (TPSA) is 103 Å². The van der Waals surface area contributed by atoms with Crippen molar-refractivity contribution in [2.75, 3.05) is 5.73 Å². The van der Waals surface area contributed by atoms with Crippen LogP contribution in [0.1, 0.15) is 25.3 Å². The number of hydrogen-bond acceptors (Lipinski definition) is 6. The molecule has 2 N–H and O–H groups in total. The van der Waals surface area contributed by atoms with Crippen LogP contribution in [0.3, 0.4) is 0 Å². The molecular formula is C18H17N5O2S. The lowest BCUT2D eigenvalue weighted by atomic mass is 10.0. The summed E-state index contributed by atoms with van der Waals surface area (Å²) in [4.78, 5) is 4.39. The van der Waals surface area contributed by atoms with Gasteiger partial charge in [-0.1, -0.05) is 43.3 Å². The van der Waals surface area contributed by atoms with Crippen LogP contribution in [0.2, 0.25) is 0 Å². The van der Waals surface area contributed by atoms with E-state index in [4.69, 9.17) is 5.73 Å². The van der Waals surface area contributed by atoms with Crippen LogP contribution in [-0.4, -0.2) is 28.2 Å². The Morgan fingerprint density at radius 3 is 2.42 bits per heavy atom. The Kier molecular flexibility index (Phi) is 3.66. The van der Waals surface area contributed by atoms with Crippen LogP contribution in [0.5, 0.6) is 0 Å². The quantitative estimate of drug-likeness (QED) is 0.597. The van der Waals surface area contributed by atoms with Crippen LogP contribution in [0.15, 0.2) is 58.5 Å². The summed E-state index contributed by atoms with van der Waals surface area (Å²) in [5, 5.41) is 8.38. The third-order valence-corrected chi connectivity index (χ3v) is 6.03. The number of nitrogens with two attached hydrogens (primary N) is 1. The number of aromatic nitrogens is 4. The number of hydrogen-bond donors (Lipinski definition) is 1. The Labute approximate surface area is 150 Å². The van der Waals surface area contributed by atoms with Gasteiger partial charge in [-0.2, -0.15) is 4.52 Å². The molecule has 26 heavy (non-hydrogen) atoms. The van der Waals surface area contributed by atoms with Crippen molar-refractivity contribution in [3.63, 3.8) is 0 Å². The number of fused-ring (bicyclic) bond motifs is 3. The summed E-state index contributed by atoms with van der Waals surface area (Å²) < 4.78 is 27.5. The Morgan fingerprint density at radius 1 is 1.04 bits per heavy atom. The van der Waals surface area contributed by atoms with E-state index in [2.05, 4.69) is 15.3 Å². The van der Waals surface area contributed by atoms with E-state index >= 15 is 0 Å². The Bertz CT molecular complexity index is 1230. The normalized spacial score (nSPS) is 12.3. The molecule has 2 aromatic heterocycles. The summed E-state index contributed by atoms with van der Waals surface area (Å²) in [6.45, 7) is 4.10. The molecule has 8 heteroatoms. The van der Waals surface area contributed by atoms with Gasteiger partial charge in [-0.3, -0.25) is 0 Å². The number of para-hydroxylation sites is 1. The van der Waals surface area contributed by atoms with Gasteiger partial charge in [0.15, 0.2) is 5.65 Å². The molecule has 4 rings (SSSR count). The fourth-order valence-corrected chi connectivity index (χ4v) is 4.12. The smallest absolute Gasteiger partial charge is 0.229 e. The van der Waals surface area contributed by atoms with Gasteiger partial charge >= 0.3 is 0 Å². The van der Waals surface area contributed by atoms with Crippen LogP contribution < -0.4 is 5.73 Å². The van der Waals surface area contributed by atoms with Gasteiger partial charge < -0.3 is 5.73 Å². The van der Waals surface area contributed by atoms with Crippen LogP contribution in [0.4, 0.5) is 5.82 Å². The molecule has 0 aliphatic heterocycles. The van der Waals surface area contributed by atoms with E-state index in [-0.39, 0.29) is 21.4 Å². The lowest BCUT2D eigenvalue weighted by Crippen LogP contribution is -2.05. The molecular weight excluding hydrogens is 350 g/mol. The predicted molar refractivity (Wildman–Crippen MR) is 98.7 cm³/mol. The highest BCUT2D eigenvalue weighted by Gasteiger charge is 2.26. The number of benzene rings is 2. The number of nitrogen functional groups attached to an aromatic ring is 1. The lowest BCUT2D eigenvalue weighted by molar-refractivity contribution is 0.592. The Morgan fingerprint density at radius 2 is 1.73 bits per heavy atom. The van der Waals surface area contributed by atoms with Gasteiger partial charge in [-0.25, -0.2) is 13.4 Å². The minimum atomic E-state index is -3.86. The number of rotatable bonds is 3. The molecule has 0 bridgehead atoms. The second kappa shape index (κ2) is 5.77. The van der Waals surface area contributed by atoms with Gasteiger partial charge in [0.25, 0.3) is 0 Å². The number of sulfone groups is 1. The zero-order valence-electron chi connectivity index (χ0n) is 14.3. The molecule has 0 spiro atoms. The minimum absolute atomic E-state index is 0.120. The van der Waals surface area contributed by atoms with Gasteiger partial charge in [-0.05, 0) is 35.7 Å². The average Bonchev–Trinajstić information content (AvgIpc) is 3.07. The number of anilines is 1. The van der Waals surface area contributed by atoms with E-state index < -0.39 is 9.84 Å². The standard InChI is InChI=1S/C18H17N5O2S/c1-11(2)12-7-9-13(10-8-12)26(24,25)18-17-20-16(19)14-5-3-4-6-15(14)23(17)22-21-18/h3-11H,1-2H3,(H2,19,20). The van der Waals surface area contributed by atoms with Gasteiger partial charge in [0, 0.05) is 5.39 Å². The van der Waals surface area contributed by atoms with Crippen molar-refractivity contribution in [2.45, 2.75) is 29.7 Å². The molecule has 4 aromatic rings. The van der Waals surface area contributed by atoms with Crippen LogP contribution in [-0.2, 0) is 9.84 Å². The molecule has 132 valence electrons. The first kappa shape index (κ1) is 16.5. The molecule has 0 atom stereocenters. The van der Waals surface area contributed by atoms with E-state index in [0.29, 0.717) is 16.8 Å². The molecule has 0 saturated carbocycles. The maximum atomic E-state index is 13.0. The monoisotopic (exact) mass is 367 g/mol. The summed E-state index contributed by atoms with van der Waals surface area (Å²) in [5.74, 6) is 0.552. The maximum Gasteiger partial charge on any atom is 0.229 e. The van der Waals surface area contributed by atoms with Gasteiger partial charge in [0.1, 0.15) is 5.82 Å². The molecule has 0 unspecified atom stereocenters. The van der Waals surface area contributed by atoms with E-state index in [1.807, 2.05) is 26.0 Å². The molecule has 0 aliphatic rings. The van der Waals surface area contributed by atoms with Crippen LogP contribution >= 0.6 is 0 Å². The van der Waals surface area contributed by atoms with Crippen LogP contribution in [0, 0.1) is 0 Å². The SMILES string of the molecule is CC(C)c1ccc(S(=O)(=O)c2nnn3c2nc(N)c2ccccc23)cc1. The van der Waals surface area contributed by atoms with Gasteiger partial charge in [0.2, 0.25) is 14.9 Å². The minimum Gasteiger partial charge on any atom is -0.383 e. The second-order valence-electron chi connectivity index (χ2n) is 6.37. The summed E-state index contributed by atoms with van der Waals surface area (Å²) >= 11 is 0. The molecule has 0 saturated heterocycles. The summed E-state index contributed by atoms with van der Waals surface area (Å²) in [6, 6.07) is 14.0. The first-order valence-electron chi connectivity index (χ1n) is 8.14. The summed E-state index contributed by atoms with van der Waals surface area (Å²) in [7, 11) is -3.86. The zero-order chi connectivity index (χ0) is 18.5. The lowest BCUT2D eigenvalue weighted by Gasteiger charge is -2.07. The molecule has 7 nitrogen and oxygen atoms in total. The Balaban J connectivity index is 1.93. The van der Waals surface area contributed by atoms with Crippen molar-refractivity contribution >= 4 is 32.2 Å². The van der Waals surface area contributed by atoms with E-state index in [1.165, 1.54) is 4.52 Å². The van der Waals surface area contributed by atoms with Crippen molar-refractivity contribution in [3.05, 3.63) is 54.1 Å². The van der Waals surface area contributed by atoms with Gasteiger partial charge in [-0.15, -0.1) is 5.10 Å². The summed E-state index contributed by atoms with van der Waals surface area (Å²) in [6.07, 6.45) is 0. The van der Waals surface area contributed by atoms with Crippen molar-refractivity contribution in [3.8, 4) is 0 Å². The van der Waals surface area contributed by atoms with Crippen molar-refractivity contribution in [1.82, 2.24) is 19.8 Å². The fraction of sp³-hybridized carbons (Fsp3) is 0.167. The van der Waals surface area contributed by atoms with Crippen molar-refractivity contribution in [1.29, 1.82) is 0 Å². The number of nitrogens with zero attached hydrogens (tertiary/aromatic N) is 4. The molecule has 2 heterocycles. The first-order chi connectivity index (χ1) is 12.4. The molecule has 0 aliphatic carbocycles.